The summed E-state index contributed by atoms with van der Waals surface area (Å²) in [6, 6.07) is 16.0. The van der Waals surface area contributed by atoms with E-state index < -0.39 is 11.9 Å². The van der Waals surface area contributed by atoms with Gasteiger partial charge in [0.25, 0.3) is 0 Å². The topological polar surface area (TPSA) is 59.8 Å². The Labute approximate surface area is 201 Å². The van der Waals surface area contributed by atoms with Crippen LogP contribution >= 0.6 is 0 Å². The van der Waals surface area contributed by atoms with Gasteiger partial charge in [-0.3, -0.25) is 4.90 Å². The van der Waals surface area contributed by atoms with E-state index in [4.69, 9.17) is 14.6 Å². The van der Waals surface area contributed by atoms with Crippen LogP contribution in [0.25, 0.3) is 5.69 Å². The van der Waals surface area contributed by atoms with Crippen molar-refractivity contribution in [2.24, 2.45) is 0 Å². The number of ether oxygens (including phenoxy) is 2. The fourth-order valence-corrected chi connectivity index (χ4v) is 3.79. The van der Waals surface area contributed by atoms with Gasteiger partial charge in [-0.15, -0.1) is 0 Å². The lowest BCUT2D eigenvalue weighted by Gasteiger charge is -2.25. The highest BCUT2D eigenvalue weighted by molar-refractivity contribution is 5.43. The van der Waals surface area contributed by atoms with Crippen molar-refractivity contribution in [3.05, 3.63) is 71.7 Å². The van der Waals surface area contributed by atoms with Crippen molar-refractivity contribution < 1.29 is 19.0 Å². The lowest BCUT2D eigenvalue weighted by atomic mass is 10.2. The van der Waals surface area contributed by atoms with Crippen molar-refractivity contribution in [2.45, 2.75) is 52.7 Å². The third-order valence-corrected chi connectivity index (χ3v) is 5.52. The number of halogens is 1. The Kier molecular flexibility index (Phi) is 10.1. The zero-order valence-corrected chi connectivity index (χ0v) is 20.4. The van der Waals surface area contributed by atoms with Crippen LogP contribution in [-0.2, 0) is 11.3 Å². The average Bonchev–Trinajstić information content (AvgIpc) is 3.14. The van der Waals surface area contributed by atoms with E-state index in [1.54, 1.807) is 22.9 Å². The number of nitrogens with zero attached hydrogens (tertiary/aromatic N) is 3. The molecule has 1 unspecified atom stereocenters. The summed E-state index contributed by atoms with van der Waals surface area (Å²) in [5.74, 6) is 0.188. The van der Waals surface area contributed by atoms with Gasteiger partial charge in [0, 0.05) is 19.7 Å². The first-order valence-electron chi connectivity index (χ1n) is 12.1. The van der Waals surface area contributed by atoms with Gasteiger partial charge in [0.1, 0.15) is 0 Å². The molecule has 0 amide bonds. The highest BCUT2D eigenvalue weighted by Gasteiger charge is 2.23. The Balaban J connectivity index is 1.87. The Morgan fingerprint density at radius 3 is 2.50 bits per heavy atom. The Morgan fingerprint density at radius 2 is 1.79 bits per heavy atom. The number of aliphatic hydroxyl groups excluding tert-OH is 1. The first-order chi connectivity index (χ1) is 16.5. The molecule has 7 heteroatoms. The predicted octanol–water partition coefficient (Wildman–Crippen LogP) is 5.50. The molecule has 6 nitrogen and oxygen atoms in total. The van der Waals surface area contributed by atoms with Crippen LogP contribution in [-0.4, -0.2) is 52.2 Å². The van der Waals surface area contributed by atoms with Gasteiger partial charge in [0.05, 0.1) is 29.7 Å². The fraction of sp³-hybridized carbons (Fsp3) is 0.444. The van der Waals surface area contributed by atoms with Crippen LogP contribution in [0.2, 0.25) is 0 Å². The maximum Gasteiger partial charge on any atom is 0.227 e. The van der Waals surface area contributed by atoms with Crippen molar-refractivity contribution in [1.82, 2.24) is 14.7 Å². The Morgan fingerprint density at radius 1 is 1.06 bits per heavy atom. The number of aliphatic hydroxyl groups is 1. The highest BCUT2D eigenvalue weighted by Crippen LogP contribution is 2.32. The van der Waals surface area contributed by atoms with Crippen LogP contribution in [0.4, 0.5) is 4.39 Å². The molecule has 2 aromatic carbocycles. The first kappa shape index (κ1) is 25.9. The van der Waals surface area contributed by atoms with E-state index in [9.17, 15) is 9.50 Å². The van der Waals surface area contributed by atoms with Gasteiger partial charge in [-0.2, -0.15) is 5.10 Å². The molecule has 0 aliphatic heterocycles. The maximum atomic E-state index is 14.5. The average molecular weight is 470 g/mol. The molecule has 0 saturated heterocycles. The molecule has 0 fully saturated rings. The molecule has 3 aromatic rings. The molecular weight excluding hydrogens is 433 g/mol. The van der Waals surface area contributed by atoms with E-state index >= 15 is 0 Å². The minimum Gasteiger partial charge on any atom is -0.435 e. The van der Waals surface area contributed by atoms with Gasteiger partial charge in [0.15, 0.2) is 11.6 Å². The molecule has 184 valence electrons. The SMILES string of the molecule is CCCCOCC(O)CN(CCC)Cc1c(C)nn(-c2ccccc2)c1Oc1ccccc1F. The number of hydrogen-bond acceptors (Lipinski definition) is 5. The predicted molar refractivity (Wildman–Crippen MR) is 132 cm³/mol. The summed E-state index contributed by atoms with van der Waals surface area (Å²) in [4.78, 5) is 2.17. The van der Waals surface area contributed by atoms with Crippen molar-refractivity contribution in [3.63, 3.8) is 0 Å². The third kappa shape index (κ3) is 7.13. The highest BCUT2D eigenvalue weighted by atomic mass is 19.1. The molecule has 1 atom stereocenters. The van der Waals surface area contributed by atoms with Crippen LogP contribution in [0.15, 0.2) is 54.6 Å². The number of aromatic nitrogens is 2. The molecule has 1 heterocycles. The zero-order chi connectivity index (χ0) is 24.3. The van der Waals surface area contributed by atoms with Crippen LogP contribution in [0, 0.1) is 12.7 Å². The van der Waals surface area contributed by atoms with Crippen molar-refractivity contribution in [3.8, 4) is 17.3 Å². The summed E-state index contributed by atoms with van der Waals surface area (Å²) in [5, 5.41) is 15.3. The van der Waals surface area contributed by atoms with Crippen molar-refractivity contribution in [1.29, 1.82) is 0 Å². The van der Waals surface area contributed by atoms with Crippen molar-refractivity contribution >= 4 is 0 Å². The molecule has 0 saturated carbocycles. The first-order valence-corrected chi connectivity index (χ1v) is 12.1. The second kappa shape index (κ2) is 13.2. The summed E-state index contributed by atoms with van der Waals surface area (Å²) in [5.41, 5.74) is 2.49. The van der Waals surface area contributed by atoms with Crippen LogP contribution < -0.4 is 4.74 Å². The smallest absolute Gasteiger partial charge is 0.227 e. The van der Waals surface area contributed by atoms with Gasteiger partial charge in [-0.25, -0.2) is 9.07 Å². The maximum absolute atomic E-state index is 14.5. The van der Waals surface area contributed by atoms with E-state index in [2.05, 4.69) is 18.7 Å². The molecule has 3 rings (SSSR count). The molecule has 0 aliphatic rings. The largest absolute Gasteiger partial charge is 0.435 e. The minimum absolute atomic E-state index is 0.146. The van der Waals surface area contributed by atoms with Crippen LogP contribution in [0.3, 0.4) is 0 Å². The second-order valence-corrected chi connectivity index (χ2v) is 8.47. The molecule has 34 heavy (non-hydrogen) atoms. The van der Waals surface area contributed by atoms with E-state index in [1.165, 1.54) is 6.07 Å². The zero-order valence-electron chi connectivity index (χ0n) is 20.4. The number of para-hydroxylation sites is 2. The monoisotopic (exact) mass is 469 g/mol. The Bertz CT molecular complexity index is 1010. The fourth-order valence-electron chi connectivity index (χ4n) is 3.79. The lowest BCUT2D eigenvalue weighted by molar-refractivity contribution is 0.0143. The van der Waals surface area contributed by atoms with E-state index in [0.717, 1.165) is 42.8 Å². The minimum atomic E-state index is -0.594. The third-order valence-electron chi connectivity index (χ3n) is 5.52. The molecule has 1 aromatic heterocycles. The van der Waals surface area contributed by atoms with Crippen LogP contribution in [0.5, 0.6) is 11.6 Å². The summed E-state index contributed by atoms with van der Waals surface area (Å²) in [6.45, 7) is 8.89. The number of benzene rings is 2. The molecule has 0 spiro atoms. The lowest BCUT2D eigenvalue weighted by Crippen LogP contribution is -2.35. The van der Waals surface area contributed by atoms with Crippen molar-refractivity contribution in [2.75, 3.05) is 26.3 Å². The summed E-state index contributed by atoms with van der Waals surface area (Å²) in [6.07, 6.45) is 2.38. The van der Waals surface area contributed by atoms with E-state index in [1.807, 2.05) is 37.3 Å². The molecule has 1 N–H and O–H groups in total. The van der Waals surface area contributed by atoms with E-state index in [-0.39, 0.29) is 5.75 Å². The molecule has 0 aliphatic carbocycles. The normalized spacial score (nSPS) is 12.3. The van der Waals surface area contributed by atoms with Crippen LogP contribution in [0.1, 0.15) is 44.4 Å². The van der Waals surface area contributed by atoms with E-state index in [0.29, 0.717) is 32.2 Å². The van der Waals surface area contributed by atoms with Gasteiger partial charge in [0.2, 0.25) is 5.88 Å². The quantitative estimate of drug-likeness (QED) is 0.316. The summed E-state index contributed by atoms with van der Waals surface area (Å²) < 4.78 is 27.9. The Hall–Kier alpha value is -2.74. The number of aryl methyl sites for hydroxylation is 1. The molecule has 0 radical (unpaired) electrons. The summed E-state index contributed by atoms with van der Waals surface area (Å²) >= 11 is 0. The van der Waals surface area contributed by atoms with Gasteiger partial charge in [-0.05, 0) is 50.6 Å². The number of unbranched alkanes of at least 4 members (excludes halogenated alkanes) is 1. The van der Waals surface area contributed by atoms with Gasteiger partial charge < -0.3 is 14.6 Å². The standard InChI is InChI=1S/C27H36FN3O3/c1-4-6-17-33-20-23(32)18-30(16-5-2)19-24-21(3)29-31(22-12-8-7-9-13-22)27(24)34-26-15-11-10-14-25(26)28/h7-15,23,32H,4-6,16-20H2,1-3H3. The number of rotatable bonds is 14. The molecular formula is C27H36FN3O3. The number of hydrogen-bond donors (Lipinski definition) is 1. The van der Waals surface area contributed by atoms with Gasteiger partial charge in [-0.1, -0.05) is 50.6 Å². The van der Waals surface area contributed by atoms with Gasteiger partial charge >= 0.3 is 0 Å². The second-order valence-electron chi connectivity index (χ2n) is 8.47. The summed E-state index contributed by atoms with van der Waals surface area (Å²) in [7, 11) is 0. The molecule has 0 bridgehead atoms.